The van der Waals surface area contributed by atoms with Crippen LogP contribution in [-0.2, 0) is 11.2 Å². The fourth-order valence-electron chi connectivity index (χ4n) is 4.74. The lowest BCUT2D eigenvalue weighted by atomic mass is 9.91. The van der Waals surface area contributed by atoms with E-state index >= 15 is 0 Å². The van der Waals surface area contributed by atoms with Gasteiger partial charge < -0.3 is 9.47 Å². The van der Waals surface area contributed by atoms with Gasteiger partial charge in [0.15, 0.2) is 11.6 Å². The molecule has 4 rings (SSSR count). The molecule has 0 amide bonds. The summed E-state index contributed by atoms with van der Waals surface area (Å²) in [5.74, 6) is -1.22. The van der Waals surface area contributed by atoms with Crippen LogP contribution in [0.2, 0.25) is 0 Å². The second-order valence-electron chi connectivity index (χ2n) is 9.17. The molecular formula is C30H34F2O2. The Hall–Kier alpha value is -2.72. The highest BCUT2D eigenvalue weighted by atomic mass is 19.2. The lowest BCUT2D eigenvalue weighted by Crippen LogP contribution is -2.26. The van der Waals surface area contributed by atoms with Gasteiger partial charge in [0.25, 0.3) is 0 Å². The van der Waals surface area contributed by atoms with Gasteiger partial charge in [-0.1, -0.05) is 61.9 Å². The molecule has 0 spiro atoms. The quantitative estimate of drug-likeness (QED) is 0.317. The maximum absolute atomic E-state index is 14.5. The Morgan fingerprint density at radius 2 is 1.47 bits per heavy atom. The lowest BCUT2D eigenvalue weighted by molar-refractivity contribution is -0.0218. The first kappa shape index (κ1) is 24.4. The zero-order valence-corrected chi connectivity index (χ0v) is 20.2. The van der Waals surface area contributed by atoms with Crippen molar-refractivity contribution in [2.24, 2.45) is 5.92 Å². The molecule has 2 atom stereocenters. The Bertz CT molecular complexity index is 1050. The van der Waals surface area contributed by atoms with E-state index in [1.165, 1.54) is 37.3 Å². The summed E-state index contributed by atoms with van der Waals surface area (Å²) in [6, 6.07) is 19.2. The maximum Gasteiger partial charge on any atom is 0.201 e. The van der Waals surface area contributed by atoms with E-state index in [-0.39, 0.29) is 17.9 Å². The minimum Gasteiger partial charge on any atom is -0.491 e. The summed E-state index contributed by atoms with van der Waals surface area (Å²) in [7, 11) is 0. The third-order valence-corrected chi connectivity index (χ3v) is 6.75. The van der Waals surface area contributed by atoms with Gasteiger partial charge in [0, 0.05) is 12.2 Å². The Kier molecular flexibility index (Phi) is 8.34. The van der Waals surface area contributed by atoms with Crippen LogP contribution < -0.4 is 4.74 Å². The lowest BCUT2D eigenvalue weighted by Gasteiger charge is -2.29. The number of rotatable bonds is 9. The molecule has 0 N–H and O–H groups in total. The second kappa shape index (κ2) is 11.6. The van der Waals surface area contributed by atoms with Crippen LogP contribution in [0.3, 0.4) is 0 Å². The molecule has 1 saturated heterocycles. The monoisotopic (exact) mass is 464 g/mol. The van der Waals surface area contributed by atoms with Crippen molar-refractivity contribution in [2.75, 3.05) is 13.2 Å². The standard InChI is InChI=1S/C30H34F2O2/c1-3-5-26-17-10-22(20-34-26)7-6-21-8-11-23(12-9-21)24-13-15-25(16-14-24)27-18-19-28(33-4-2)30(32)29(27)31/h8-9,11-16,18-19,22,26H,3-7,10,17,20H2,1-2H3. The summed E-state index contributed by atoms with van der Waals surface area (Å²) in [6.45, 7) is 5.15. The highest BCUT2D eigenvalue weighted by Gasteiger charge is 2.21. The van der Waals surface area contributed by atoms with Crippen molar-refractivity contribution in [1.29, 1.82) is 0 Å². The average Bonchev–Trinajstić information content (AvgIpc) is 2.87. The highest BCUT2D eigenvalue weighted by Crippen LogP contribution is 2.32. The SMILES string of the molecule is CCCC1CCC(CCc2ccc(-c3ccc(-c4ccc(OCC)c(F)c4F)cc3)cc2)CO1. The van der Waals surface area contributed by atoms with E-state index in [1.807, 2.05) is 24.3 Å². The third kappa shape index (κ3) is 5.85. The molecule has 1 aliphatic rings. The number of hydrogen-bond donors (Lipinski definition) is 0. The van der Waals surface area contributed by atoms with Crippen molar-refractivity contribution < 1.29 is 18.3 Å². The van der Waals surface area contributed by atoms with Gasteiger partial charge in [0.2, 0.25) is 5.82 Å². The molecule has 1 fully saturated rings. The second-order valence-corrected chi connectivity index (χ2v) is 9.17. The smallest absolute Gasteiger partial charge is 0.201 e. The fourth-order valence-corrected chi connectivity index (χ4v) is 4.74. The van der Waals surface area contributed by atoms with Gasteiger partial charge in [-0.3, -0.25) is 0 Å². The predicted octanol–water partition coefficient (Wildman–Crippen LogP) is 8.23. The van der Waals surface area contributed by atoms with E-state index in [9.17, 15) is 8.78 Å². The fraction of sp³-hybridized carbons (Fsp3) is 0.400. The molecule has 0 bridgehead atoms. The molecule has 1 heterocycles. The van der Waals surface area contributed by atoms with Crippen molar-refractivity contribution in [1.82, 2.24) is 0 Å². The van der Waals surface area contributed by atoms with E-state index in [1.54, 1.807) is 13.0 Å². The van der Waals surface area contributed by atoms with Crippen LogP contribution in [0.1, 0.15) is 51.5 Å². The van der Waals surface area contributed by atoms with Crippen molar-refractivity contribution >= 4 is 0 Å². The minimum atomic E-state index is -0.945. The molecule has 0 aromatic heterocycles. The molecule has 0 saturated carbocycles. The normalized spacial score (nSPS) is 18.1. The van der Waals surface area contributed by atoms with E-state index in [4.69, 9.17) is 9.47 Å². The van der Waals surface area contributed by atoms with Gasteiger partial charge in [0.05, 0.1) is 12.7 Å². The third-order valence-electron chi connectivity index (χ3n) is 6.75. The van der Waals surface area contributed by atoms with Crippen LogP contribution in [0.25, 0.3) is 22.3 Å². The van der Waals surface area contributed by atoms with Gasteiger partial charge in [-0.05, 0) is 79.3 Å². The number of benzene rings is 3. The van der Waals surface area contributed by atoms with Crippen LogP contribution >= 0.6 is 0 Å². The number of hydrogen-bond acceptors (Lipinski definition) is 2. The van der Waals surface area contributed by atoms with Crippen molar-refractivity contribution in [2.45, 2.75) is 58.5 Å². The number of halogens is 2. The molecule has 4 heteroatoms. The summed E-state index contributed by atoms with van der Waals surface area (Å²) < 4.78 is 39.9. The molecule has 2 unspecified atom stereocenters. The van der Waals surface area contributed by atoms with Gasteiger partial charge in [-0.2, -0.15) is 4.39 Å². The first-order valence-electron chi connectivity index (χ1n) is 12.5. The summed E-state index contributed by atoms with van der Waals surface area (Å²) >= 11 is 0. The summed E-state index contributed by atoms with van der Waals surface area (Å²) in [5.41, 5.74) is 4.36. The largest absolute Gasteiger partial charge is 0.491 e. The zero-order valence-electron chi connectivity index (χ0n) is 20.2. The van der Waals surface area contributed by atoms with Crippen LogP contribution in [0.5, 0.6) is 5.75 Å². The van der Waals surface area contributed by atoms with Crippen LogP contribution in [0, 0.1) is 17.6 Å². The van der Waals surface area contributed by atoms with Crippen molar-refractivity contribution in [3.8, 4) is 28.0 Å². The minimum absolute atomic E-state index is 0.0582. The molecule has 180 valence electrons. The molecular weight excluding hydrogens is 430 g/mol. The summed E-state index contributed by atoms with van der Waals surface area (Å²) in [6.07, 6.45) is 7.54. The molecule has 0 radical (unpaired) electrons. The first-order chi connectivity index (χ1) is 16.6. The van der Waals surface area contributed by atoms with Crippen LogP contribution in [0.15, 0.2) is 60.7 Å². The number of ether oxygens (including phenoxy) is 2. The Morgan fingerprint density at radius 1 is 0.794 bits per heavy atom. The van der Waals surface area contributed by atoms with Crippen molar-refractivity contribution in [3.05, 3.63) is 77.9 Å². The molecule has 3 aromatic rings. The van der Waals surface area contributed by atoms with Crippen LogP contribution in [0.4, 0.5) is 8.78 Å². The molecule has 0 aliphatic carbocycles. The summed E-state index contributed by atoms with van der Waals surface area (Å²) in [4.78, 5) is 0. The van der Waals surface area contributed by atoms with Gasteiger partial charge in [-0.25, -0.2) is 4.39 Å². The summed E-state index contributed by atoms with van der Waals surface area (Å²) in [5, 5.41) is 0. The molecule has 1 aliphatic heterocycles. The molecule has 2 nitrogen and oxygen atoms in total. The Morgan fingerprint density at radius 3 is 2.09 bits per heavy atom. The van der Waals surface area contributed by atoms with E-state index < -0.39 is 11.6 Å². The van der Waals surface area contributed by atoms with Gasteiger partial charge in [-0.15, -0.1) is 0 Å². The number of aryl methyl sites for hydroxylation is 1. The highest BCUT2D eigenvalue weighted by molar-refractivity contribution is 5.71. The predicted molar refractivity (Wildman–Crippen MR) is 134 cm³/mol. The maximum atomic E-state index is 14.5. The molecule has 3 aromatic carbocycles. The van der Waals surface area contributed by atoms with E-state index in [0.717, 1.165) is 30.6 Å². The van der Waals surface area contributed by atoms with Crippen LogP contribution in [-0.4, -0.2) is 19.3 Å². The van der Waals surface area contributed by atoms with Gasteiger partial charge >= 0.3 is 0 Å². The topological polar surface area (TPSA) is 18.5 Å². The first-order valence-corrected chi connectivity index (χ1v) is 12.5. The van der Waals surface area contributed by atoms with Crippen molar-refractivity contribution in [3.63, 3.8) is 0 Å². The van der Waals surface area contributed by atoms with Gasteiger partial charge in [0.1, 0.15) is 0 Å². The Labute approximate surface area is 201 Å². The van der Waals surface area contributed by atoms with E-state index in [0.29, 0.717) is 17.6 Å². The Balaban J connectivity index is 1.36. The average molecular weight is 465 g/mol. The molecule has 34 heavy (non-hydrogen) atoms. The zero-order chi connectivity index (χ0) is 23.9. The van der Waals surface area contributed by atoms with E-state index in [2.05, 4.69) is 31.2 Å².